The summed E-state index contributed by atoms with van der Waals surface area (Å²) in [7, 11) is 0. The van der Waals surface area contributed by atoms with Crippen molar-refractivity contribution in [2.24, 2.45) is 5.92 Å². The molecule has 0 unspecified atom stereocenters. The monoisotopic (exact) mass is 556 g/mol. The highest BCUT2D eigenvalue weighted by Gasteiger charge is 2.46. The van der Waals surface area contributed by atoms with Crippen molar-refractivity contribution in [3.63, 3.8) is 0 Å². The second kappa shape index (κ2) is 13.5. The number of ketones is 1. The summed E-state index contributed by atoms with van der Waals surface area (Å²) in [6, 6.07) is 21.3. The van der Waals surface area contributed by atoms with Gasteiger partial charge in [-0.05, 0) is 79.5 Å². The minimum Gasteiger partial charge on any atom is -0.507 e. The molecule has 4 rings (SSSR count). The average Bonchev–Trinajstić information content (AvgIpc) is 3.22. The number of hydrogen-bond donors (Lipinski definition) is 1. The highest BCUT2D eigenvalue weighted by Crippen LogP contribution is 2.41. The zero-order valence-corrected chi connectivity index (χ0v) is 24.6. The molecule has 1 amide bonds. The topological polar surface area (TPSA) is 79.3 Å². The van der Waals surface area contributed by atoms with Crippen molar-refractivity contribution in [3.05, 3.63) is 95.1 Å². The Morgan fingerprint density at radius 2 is 1.66 bits per heavy atom. The number of aryl methyl sites for hydroxylation is 1. The molecule has 1 heterocycles. The van der Waals surface area contributed by atoms with E-state index in [4.69, 9.17) is 9.47 Å². The molecule has 1 atom stereocenters. The Balaban J connectivity index is 1.76. The highest BCUT2D eigenvalue weighted by molar-refractivity contribution is 6.46. The molecular weight excluding hydrogens is 516 g/mol. The number of amides is 1. The molecule has 216 valence electrons. The Morgan fingerprint density at radius 3 is 2.32 bits per heavy atom. The summed E-state index contributed by atoms with van der Waals surface area (Å²) in [5.74, 6) is 0.826. The van der Waals surface area contributed by atoms with Crippen LogP contribution in [0.15, 0.2) is 78.4 Å². The van der Waals surface area contributed by atoms with E-state index < -0.39 is 17.7 Å². The molecule has 3 aromatic rings. The molecule has 0 aliphatic carbocycles. The molecule has 1 fully saturated rings. The number of aliphatic hydroxyl groups excluding tert-OH is 1. The predicted molar refractivity (Wildman–Crippen MR) is 161 cm³/mol. The lowest BCUT2D eigenvalue weighted by molar-refractivity contribution is -0.140. The van der Waals surface area contributed by atoms with Crippen LogP contribution in [0.1, 0.15) is 50.4 Å². The van der Waals surface area contributed by atoms with Crippen LogP contribution in [-0.2, 0) is 9.59 Å². The molecule has 0 radical (unpaired) electrons. The molecule has 1 saturated heterocycles. The van der Waals surface area contributed by atoms with Gasteiger partial charge in [0.15, 0.2) is 0 Å². The number of benzene rings is 3. The van der Waals surface area contributed by atoms with Crippen LogP contribution in [0, 0.1) is 12.8 Å². The summed E-state index contributed by atoms with van der Waals surface area (Å²) in [6.45, 7) is 13.4. The van der Waals surface area contributed by atoms with Crippen LogP contribution in [0.25, 0.3) is 5.76 Å². The molecule has 7 nitrogen and oxygen atoms in total. The summed E-state index contributed by atoms with van der Waals surface area (Å²) < 4.78 is 12.0. The maximum absolute atomic E-state index is 13.5. The standard InChI is InChI=1S/C34H40N2O5/c1-6-35(7-2)18-19-36-31(25-12-11-15-28(21-25)41-27-13-9-8-10-14-27)30(33(38)34(36)39)32(37)26-16-17-29(24(5)20-26)40-22-23(3)4/h8-17,20-21,23,31,37H,6-7,18-19,22H2,1-5H3/t31-/m0/s1. The van der Waals surface area contributed by atoms with Gasteiger partial charge in [-0.15, -0.1) is 0 Å². The van der Waals surface area contributed by atoms with Gasteiger partial charge < -0.3 is 24.4 Å². The van der Waals surface area contributed by atoms with E-state index in [1.807, 2.05) is 61.5 Å². The summed E-state index contributed by atoms with van der Waals surface area (Å²) in [5.41, 5.74) is 2.05. The van der Waals surface area contributed by atoms with Crippen LogP contribution < -0.4 is 9.47 Å². The van der Waals surface area contributed by atoms with Gasteiger partial charge in [0.05, 0.1) is 18.2 Å². The quantitative estimate of drug-likeness (QED) is 0.154. The number of Topliss-reactive ketones (excluding diaryl/α,β-unsaturated/α-hetero) is 1. The van der Waals surface area contributed by atoms with Gasteiger partial charge in [0.2, 0.25) is 0 Å². The third-order valence-electron chi connectivity index (χ3n) is 7.26. The Morgan fingerprint density at radius 1 is 0.951 bits per heavy atom. The minimum absolute atomic E-state index is 0.0710. The van der Waals surface area contributed by atoms with E-state index >= 15 is 0 Å². The lowest BCUT2D eigenvalue weighted by Gasteiger charge is -2.28. The van der Waals surface area contributed by atoms with Gasteiger partial charge in [0.25, 0.3) is 11.7 Å². The summed E-state index contributed by atoms with van der Waals surface area (Å²) in [6.07, 6.45) is 0. The summed E-state index contributed by atoms with van der Waals surface area (Å²) >= 11 is 0. The van der Waals surface area contributed by atoms with Crippen molar-refractivity contribution >= 4 is 17.4 Å². The lowest BCUT2D eigenvalue weighted by atomic mass is 9.94. The van der Waals surface area contributed by atoms with E-state index in [0.29, 0.717) is 48.2 Å². The fourth-order valence-electron chi connectivity index (χ4n) is 4.99. The van der Waals surface area contributed by atoms with Gasteiger partial charge in [0, 0.05) is 18.7 Å². The number of carbonyl (C=O) groups is 2. The Bertz CT molecular complexity index is 1400. The van der Waals surface area contributed by atoms with Crippen LogP contribution in [0.5, 0.6) is 17.2 Å². The van der Waals surface area contributed by atoms with E-state index in [2.05, 4.69) is 32.6 Å². The molecule has 7 heteroatoms. The molecule has 0 aromatic heterocycles. The van der Waals surface area contributed by atoms with Crippen molar-refractivity contribution in [1.29, 1.82) is 0 Å². The number of rotatable bonds is 12. The molecule has 1 aliphatic rings. The number of aliphatic hydroxyl groups is 1. The van der Waals surface area contributed by atoms with Crippen LogP contribution in [0.2, 0.25) is 0 Å². The van der Waals surface area contributed by atoms with Crippen molar-refractivity contribution in [2.45, 2.75) is 40.7 Å². The molecule has 0 spiro atoms. The first kappa shape index (κ1) is 29.9. The second-order valence-corrected chi connectivity index (χ2v) is 10.7. The average molecular weight is 557 g/mol. The van der Waals surface area contributed by atoms with Crippen LogP contribution in [0.4, 0.5) is 0 Å². The Hall–Kier alpha value is -4.10. The van der Waals surface area contributed by atoms with Crippen molar-refractivity contribution in [3.8, 4) is 17.2 Å². The largest absolute Gasteiger partial charge is 0.507 e. The third kappa shape index (κ3) is 6.98. The molecular formula is C34H40N2O5. The van der Waals surface area contributed by atoms with Gasteiger partial charge in [-0.1, -0.05) is 58.0 Å². The van der Waals surface area contributed by atoms with E-state index in [9.17, 15) is 14.7 Å². The van der Waals surface area contributed by atoms with E-state index in [1.54, 1.807) is 23.1 Å². The number of ether oxygens (including phenoxy) is 2. The fourth-order valence-corrected chi connectivity index (χ4v) is 4.99. The number of para-hydroxylation sites is 1. The van der Waals surface area contributed by atoms with Crippen LogP contribution >= 0.6 is 0 Å². The van der Waals surface area contributed by atoms with Crippen molar-refractivity contribution < 1.29 is 24.2 Å². The number of hydrogen-bond acceptors (Lipinski definition) is 6. The van der Waals surface area contributed by atoms with Gasteiger partial charge in [0.1, 0.15) is 23.0 Å². The SMILES string of the molecule is CCN(CC)CCN1C(=O)C(=O)C(=C(O)c2ccc(OCC(C)C)c(C)c2)[C@@H]1c1cccc(Oc2ccccc2)c1. The van der Waals surface area contributed by atoms with Gasteiger partial charge in [-0.25, -0.2) is 0 Å². The van der Waals surface area contributed by atoms with Crippen LogP contribution in [-0.4, -0.2) is 59.4 Å². The molecule has 3 aromatic carbocycles. The van der Waals surface area contributed by atoms with Gasteiger partial charge >= 0.3 is 0 Å². The van der Waals surface area contributed by atoms with E-state index in [-0.39, 0.29) is 11.3 Å². The molecule has 41 heavy (non-hydrogen) atoms. The second-order valence-electron chi connectivity index (χ2n) is 10.7. The van der Waals surface area contributed by atoms with E-state index in [1.165, 1.54) is 0 Å². The Kier molecular flexibility index (Phi) is 9.84. The molecule has 0 bridgehead atoms. The highest BCUT2D eigenvalue weighted by atomic mass is 16.5. The predicted octanol–water partition coefficient (Wildman–Crippen LogP) is 6.59. The Labute approximate surface area is 243 Å². The molecule has 1 N–H and O–H groups in total. The minimum atomic E-state index is -0.762. The van der Waals surface area contributed by atoms with Crippen molar-refractivity contribution in [1.82, 2.24) is 9.80 Å². The maximum atomic E-state index is 13.5. The zero-order valence-electron chi connectivity index (χ0n) is 24.6. The fraction of sp³-hybridized carbons (Fsp3) is 0.353. The zero-order chi connectivity index (χ0) is 29.5. The normalized spacial score (nSPS) is 16.6. The van der Waals surface area contributed by atoms with Crippen molar-refractivity contribution in [2.75, 3.05) is 32.8 Å². The van der Waals surface area contributed by atoms with Gasteiger partial charge in [-0.3, -0.25) is 9.59 Å². The lowest BCUT2D eigenvalue weighted by Crippen LogP contribution is -2.38. The number of nitrogens with zero attached hydrogens (tertiary/aromatic N) is 2. The van der Waals surface area contributed by atoms with E-state index in [0.717, 1.165) is 24.4 Å². The third-order valence-corrected chi connectivity index (χ3v) is 7.26. The number of carbonyl (C=O) groups excluding carboxylic acids is 2. The summed E-state index contributed by atoms with van der Waals surface area (Å²) in [5, 5.41) is 11.6. The van der Waals surface area contributed by atoms with Crippen LogP contribution in [0.3, 0.4) is 0 Å². The van der Waals surface area contributed by atoms with Gasteiger partial charge in [-0.2, -0.15) is 0 Å². The molecule has 1 aliphatic heterocycles. The molecule has 0 saturated carbocycles. The first-order valence-corrected chi connectivity index (χ1v) is 14.3. The number of likely N-dealkylation sites (N-methyl/N-ethyl adjacent to an activating group) is 1. The first-order valence-electron chi connectivity index (χ1n) is 14.3. The number of likely N-dealkylation sites (tertiary alicyclic amines) is 1. The first-order chi connectivity index (χ1) is 19.7. The summed E-state index contributed by atoms with van der Waals surface area (Å²) in [4.78, 5) is 30.7. The smallest absolute Gasteiger partial charge is 0.295 e. The maximum Gasteiger partial charge on any atom is 0.295 e.